The molecule has 2 N–H and O–H groups in total. The number of hydrogen-bond acceptors (Lipinski definition) is 2. The molecule has 1 aromatic carbocycles. The van der Waals surface area contributed by atoms with Crippen molar-refractivity contribution in [2.75, 3.05) is 0 Å². The molecule has 0 aromatic heterocycles. The van der Waals surface area contributed by atoms with E-state index >= 15 is 0 Å². The van der Waals surface area contributed by atoms with Crippen molar-refractivity contribution in [3.05, 3.63) is 35.4 Å². The average molecular weight is 278 g/mol. The van der Waals surface area contributed by atoms with E-state index in [9.17, 15) is 9.59 Å². The Morgan fingerprint density at radius 3 is 1.67 bits per heavy atom. The molecule has 18 heavy (non-hydrogen) atoms. The molecule has 0 aliphatic heterocycles. The van der Waals surface area contributed by atoms with Crippen LogP contribution in [0.3, 0.4) is 0 Å². The van der Waals surface area contributed by atoms with Crippen molar-refractivity contribution in [3.8, 4) is 0 Å². The normalized spacial score (nSPS) is 10.9. The van der Waals surface area contributed by atoms with Crippen LogP contribution in [0.4, 0.5) is 0 Å². The van der Waals surface area contributed by atoms with Crippen LogP contribution < -0.4 is 0 Å². The van der Waals surface area contributed by atoms with E-state index < -0.39 is 17.9 Å². The number of carboxylic acids is 2. The Morgan fingerprint density at radius 2 is 1.39 bits per heavy atom. The van der Waals surface area contributed by atoms with Crippen LogP contribution in [0.25, 0.3) is 0 Å². The number of benzene rings is 1. The molecule has 0 atom stereocenters. The van der Waals surface area contributed by atoms with Gasteiger partial charge < -0.3 is 10.2 Å². The monoisotopic (exact) mass is 278 g/mol. The Morgan fingerprint density at radius 1 is 1.00 bits per heavy atom. The molecule has 0 spiro atoms. The molecule has 0 saturated carbocycles. The molecule has 4 nitrogen and oxygen atoms in total. The van der Waals surface area contributed by atoms with E-state index in [-0.39, 0.29) is 48.7 Å². The Bertz CT molecular complexity index is 417. The molecule has 0 unspecified atom stereocenters. The zero-order valence-corrected chi connectivity index (χ0v) is 10.1. The first-order valence-electron chi connectivity index (χ1n) is 5.29. The van der Waals surface area contributed by atoms with Crippen LogP contribution in [0.1, 0.15) is 37.8 Å². The predicted molar refractivity (Wildman–Crippen MR) is 71.7 cm³/mol. The van der Waals surface area contributed by atoms with Crippen LogP contribution in [0, 0.1) is 0 Å². The standard InChI is InChI=1S/C13H16O4.Ca.2H/c1-13(2,3)9-6-4-8(5-7-9)10(11(14)15)12(16)17;;;/h4-7,10H,1-3H3,(H,14,15)(H,16,17);;;. The molecule has 0 aliphatic rings. The van der Waals surface area contributed by atoms with E-state index in [4.69, 9.17) is 10.2 Å². The number of carbonyl (C=O) groups is 2. The van der Waals surface area contributed by atoms with Crippen LogP contribution in [-0.4, -0.2) is 59.9 Å². The molecule has 1 aromatic rings. The third kappa shape index (κ3) is 4.26. The van der Waals surface area contributed by atoms with E-state index in [1.807, 2.05) is 20.8 Å². The molecule has 96 valence electrons. The zero-order chi connectivity index (χ0) is 13.2. The summed E-state index contributed by atoms with van der Waals surface area (Å²) in [5.74, 6) is -4.19. The number of hydrogen-bond donors (Lipinski definition) is 2. The maximum atomic E-state index is 10.8. The van der Waals surface area contributed by atoms with Gasteiger partial charge in [-0.15, -0.1) is 0 Å². The molecule has 0 amide bonds. The third-order valence-electron chi connectivity index (χ3n) is 2.60. The summed E-state index contributed by atoms with van der Waals surface area (Å²) in [4.78, 5) is 21.7. The first-order valence-corrected chi connectivity index (χ1v) is 5.29. The first kappa shape index (κ1) is 17.4. The van der Waals surface area contributed by atoms with Crippen molar-refractivity contribution in [1.29, 1.82) is 0 Å². The van der Waals surface area contributed by atoms with Gasteiger partial charge >= 0.3 is 49.7 Å². The fourth-order valence-corrected chi connectivity index (χ4v) is 1.57. The van der Waals surface area contributed by atoms with E-state index in [1.54, 1.807) is 24.3 Å². The van der Waals surface area contributed by atoms with Crippen molar-refractivity contribution in [1.82, 2.24) is 0 Å². The average Bonchev–Trinajstić information content (AvgIpc) is 2.15. The molecule has 0 fully saturated rings. The Labute approximate surface area is 136 Å². The summed E-state index contributed by atoms with van der Waals surface area (Å²) in [5, 5.41) is 17.7. The quantitative estimate of drug-likeness (QED) is 0.646. The second kappa shape index (κ2) is 6.55. The minimum atomic E-state index is -1.50. The first-order chi connectivity index (χ1) is 7.73. The number of carboxylic acid groups (broad SMARTS) is 2. The van der Waals surface area contributed by atoms with Gasteiger partial charge in [0.15, 0.2) is 5.92 Å². The Hall–Kier alpha value is -0.580. The summed E-state index contributed by atoms with van der Waals surface area (Å²) < 4.78 is 0. The van der Waals surface area contributed by atoms with Crippen molar-refractivity contribution >= 4 is 49.7 Å². The van der Waals surface area contributed by atoms with E-state index in [0.717, 1.165) is 5.56 Å². The van der Waals surface area contributed by atoms with Crippen molar-refractivity contribution in [2.45, 2.75) is 32.1 Å². The molecular weight excluding hydrogens is 260 g/mol. The molecule has 0 saturated heterocycles. The van der Waals surface area contributed by atoms with Crippen molar-refractivity contribution < 1.29 is 19.8 Å². The summed E-state index contributed by atoms with van der Waals surface area (Å²) in [6.45, 7) is 6.11. The van der Waals surface area contributed by atoms with Gasteiger partial charge in [0.2, 0.25) is 0 Å². The summed E-state index contributed by atoms with van der Waals surface area (Å²) in [5.41, 5.74) is 1.29. The minimum absolute atomic E-state index is 0. The van der Waals surface area contributed by atoms with Gasteiger partial charge in [0.1, 0.15) is 0 Å². The molecule has 1 rings (SSSR count). The van der Waals surface area contributed by atoms with Crippen LogP contribution in [-0.2, 0) is 15.0 Å². The summed E-state index contributed by atoms with van der Waals surface area (Å²) >= 11 is 0. The van der Waals surface area contributed by atoms with E-state index in [0.29, 0.717) is 0 Å². The topological polar surface area (TPSA) is 74.6 Å². The second-order valence-electron chi connectivity index (χ2n) is 4.98. The summed E-state index contributed by atoms with van der Waals surface area (Å²) in [6, 6.07) is 6.67. The van der Waals surface area contributed by atoms with Crippen molar-refractivity contribution in [3.63, 3.8) is 0 Å². The van der Waals surface area contributed by atoms with Gasteiger partial charge in [-0.1, -0.05) is 45.0 Å². The summed E-state index contributed by atoms with van der Waals surface area (Å²) in [7, 11) is 0. The second-order valence-corrected chi connectivity index (χ2v) is 4.98. The molecule has 5 heteroatoms. The molecule has 0 radical (unpaired) electrons. The van der Waals surface area contributed by atoms with Crippen LogP contribution in [0.2, 0.25) is 0 Å². The van der Waals surface area contributed by atoms with Gasteiger partial charge in [0.25, 0.3) is 0 Å². The molecule has 0 heterocycles. The molecule has 0 bridgehead atoms. The summed E-state index contributed by atoms with van der Waals surface area (Å²) in [6.07, 6.45) is 0. The number of rotatable bonds is 3. The number of aliphatic carboxylic acids is 2. The van der Waals surface area contributed by atoms with Gasteiger partial charge in [-0.25, -0.2) is 0 Å². The van der Waals surface area contributed by atoms with Crippen LogP contribution in [0.15, 0.2) is 24.3 Å². The Kier molecular flexibility index (Phi) is 6.34. The van der Waals surface area contributed by atoms with Gasteiger partial charge in [0.05, 0.1) is 0 Å². The van der Waals surface area contributed by atoms with Crippen LogP contribution >= 0.6 is 0 Å². The van der Waals surface area contributed by atoms with E-state index in [2.05, 4.69) is 0 Å². The molecule has 0 aliphatic carbocycles. The SMILES string of the molecule is CC(C)(C)c1ccc(C(C(=O)O)C(=O)O)cc1.[CaH2]. The van der Waals surface area contributed by atoms with Gasteiger partial charge in [-0.2, -0.15) is 0 Å². The maximum absolute atomic E-state index is 10.8. The van der Waals surface area contributed by atoms with Gasteiger partial charge in [-0.3, -0.25) is 9.59 Å². The molecular formula is C13H18CaO4. The Balaban J connectivity index is 0.00000289. The van der Waals surface area contributed by atoms with E-state index in [1.165, 1.54) is 0 Å². The fourth-order valence-electron chi connectivity index (χ4n) is 1.57. The van der Waals surface area contributed by atoms with Gasteiger partial charge in [0, 0.05) is 0 Å². The van der Waals surface area contributed by atoms with Gasteiger partial charge in [-0.05, 0) is 16.5 Å². The third-order valence-corrected chi connectivity index (χ3v) is 2.60. The van der Waals surface area contributed by atoms with Crippen molar-refractivity contribution in [2.24, 2.45) is 0 Å². The predicted octanol–water partition coefficient (Wildman–Crippen LogP) is 1.32. The van der Waals surface area contributed by atoms with Crippen LogP contribution in [0.5, 0.6) is 0 Å². The zero-order valence-electron chi connectivity index (χ0n) is 10.1. The fraction of sp³-hybridized carbons (Fsp3) is 0.385.